The van der Waals surface area contributed by atoms with Gasteiger partial charge < -0.3 is 0 Å². The van der Waals surface area contributed by atoms with Gasteiger partial charge in [0.1, 0.15) is 11.9 Å². The van der Waals surface area contributed by atoms with Crippen LogP contribution in [0.25, 0.3) is 0 Å². The number of nitrogens with zero attached hydrogens (tertiary/aromatic N) is 1. The molecule has 2 heteroatoms. The summed E-state index contributed by atoms with van der Waals surface area (Å²) >= 11 is 0. The molecule has 0 amide bonds. The third-order valence-corrected chi connectivity index (χ3v) is 5.64. The molecule has 3 rings (SSSR count). The quantitative estimate of drug-likeness (QED) is 0.567. The molecule has 0 aromatic heterocycles. The van der Waals surface area contributed by atoms with Crippen LogP contribution in [0.1, 0.15) is 80.0 Å². The second-order valence-corrected chi connectivity index (χ2v) is 7.54. The van der Waals surface area contributed by atoms with Gasteiger partial charge in [-0.2, -0.15) is 5.26 Å². The van der Waals surface area contributed by atoms with Gasteiger partial charge in [-0.05, 0) is 73.4 Å². The molecule has 27 heavy (non-hydrogen) atoms. The number of rotatable bonds is 4. The van der Waals surface area contributed by atoms with E-state index in [-0.39, 0.29) is 5.56 Å². The van der Waals surface area contributed by atoms with Gasteiger partial charge in [-0.3, -0.25) is 0 Å². The number of hydrogen-bond donors (Lipinski definition) is 0. The van der Waals surface area contributed by atoms with Gasteiger partial charge in [-0.25, -0.2) is 4.39 Å². The summed E-state index contributed by atoms with van der Waals surface area (Å²) in [4.78, 5) is 0. The monoisotopic (exact) mass is 359 g/mol. The van der Waals surface area contributed by atoms with Crippen molar-refractivity contribution in [1.29, 1.82) is 5.26 Å². The van der Waals surface area contributed by atoms with Gasteiger partial charge in [0.25, 0.3) is 0 Å². The van der Waals surface area contributed by atoms with Crippen LogP contribution >= 0.6 is 0 Å². The predicted molar refractivity (Wildman–Crippen MR) is 108 cm³/mol. The van der Waals surface area contributed by atoms with Crippen molar-refractivity contribution in [3.05, 3.63) is 70.5 Å². The van der Waals surface area contributed by atoms with E-state index in [4.69, 9.17) is 5.26 Å². The fourth-order valence-corrected chi connectivity index (χ4v) is 3.94. The van der Waals surface area contributed by atoms with Gasteiger partial charge in [0, 0.05) is 11.1 Å². The van der Waals surface area contributed by atoms with Crippen LogP contribution in [0, 0.1) is 34.9 Å². The van der Waals surface area contributed by atoms with E-state index in [1.54, 1.807) is 6.07 Å². The van der Waals surface area contributed by atoms with E-state index in [0.717, 1.165) is 11.5 Å². The van der Waals surface area contributed by atoms with Crippen LogP contribution in [-0.4, -0.2) is 0 Å². The lowest BCUT2D eigenvalue weighted by atomic mass is 9.77. The van der Waals surface area contributed by atoms with Crippen LogP contribution in [0.3, 0.4) is 0 Å². The first-order valence-electron chi connectivity index (χ1n) is 10.0. The minimum atomic E-state index is -0.519. The summed E-state index contributed by atoms with van der Waals surface area (Å²) in [5.41, 5.74) is 2.98. The molecule has 0 aliphatic heterocycles. The van der Waals surface area contributed by atoms with Crippen molar-refractivity contribution in [3.63, 3.8) is 0 Å². The summed E-state index contributed by atoms with van der Waals surface area (Å²) in [6.45, 7) is 2.27. The first kappa shape index (κ1) is 19.2. The highest BCUT2D eigenvalue weighted by atomic mass is 19.1. The minimum absolute atomic E-state index is 0.0503. The highest BCUT2D eigenvalue weighted by Gasteiger charge is 2.21. The van der Waals surface area contributed by atoms with E-state index >= 15 is 0 Å². The summed E-state index contributed by atoms with van der Waals surface area (Å²) < 4.78 is 13.6. The molecule has 0 bridgehead atoms. The standard InChI is InChI=1S/C25H26FN/c1-2-3-4-19-7-12-22(13-8-19)23-14-9-20(10-15-23)5-6-21-11-16-24(18-27)25(26)17-21/h9-11,14-17,19,22H,2-4,7-8,12-13H2,1H3. The Bertz CT molecular complexity index is 856. The molecule has 2 aromatic rings. The van der Waals surface area contributed by atoms with Crippen molar-refractivity contribution in [1.82, 2.24) is 0 Å². The zero-order chi connectivity index (χ0) is 19.1. The Labute approximate surface area is 162 Å². The average Bonchev–Trinajstić information content (AvgIpc) is 2.71. The largest absolute Gasteiger partial charge is 0.206 e. The summed E-state index contributed by atoms with van der Waals surface area (Å²) in [5.74, 6) is 7.15. The molecular formula is C25H26FN. The summed E-state index contributed by atoms with van der Waals surface area (Å²) in [5, 5.41) is 8.78. The lowest BCUT2D eigenvalue weighted by Crippen LogP contribution is -2.13. The predicted octanol–water partition coefficient (Wildman–Crippen LogP) is 6.56. The number of unbranched alkanes of at least 4 members (excludes halogenated alkanes) is 1. The van der Waals surface area contributed by atoms with E-state index < -0.39 is 5.82 Å². The Hall–Kier alpha value is -2.58. The Morgan fingerprint density at radius 3 is 2.26 bits per heavy atom. The molecule has 0 unspecified atom stereocenters. The first-order valence-corrected chi connectivity index (χ1v) is 10.0. The first-order chi connectivity index (χ1) is 13.2. The van der Waals surface area contributed by atoms with E-state index in [1.807, 2.05) is 6.07 Å². The molecule has 0 spiro atoms. The highest BCUT2D eigenvalue weighted by Crippen LogP contribution is 2.37. The molecule has 2 aromatic carbocycles. The van der Waals surface area contributed by atoms with Gasteiger partial charge in [0.05, 0.1) is 5.56 Å². The number of benzene rings is 2. The Morgan fingerprint density at radius 2 is 1.63 bits per heavy atom. The summed E-state index contributed by atoms with van der Waals surface area (Å²) in [6, 6.07) is 14.8. The van der Waals surface area contributed by atoms with Gasteiger partial charge in [0.15, 0.2) is 0 Å². The fourth-order valence-electron chi connectivity index (χ4n) is 3.94. The Balaban J connectivity index is 1.60. The van der Waals surface area contributed by atoms with Crippen LogP contribution in [0.2, 0.25) is 0 Å². The average molecular weight is 359 g/mol. The van der Waals surface area contributed by atoms with Gasteiger partial charge in [-0.15, -0.1) is 0 Å². The van der Waals surface area contributed by atoms with Crippen LogP contribution in [0.5, 0.6) is 0 Å². The number of halogens is 1. The molecule has 1 aliphatic rings. The van der Waals surface area contributed by atoms with Crippen molar-refractivity contribution >= 4 is 0 Å². The summed E-state index contributed by atoms with van der Waals surface area (Å²) in [7, 11) is 0. The second-order valence-electron chi connectivity index (χ2n) is 7.54. The molecule has 0 radical (unpaired) electrons. The molecule has 1 saturated carbocycles. The second kappa shape index (κ2) is 9.38. The maximum absolute atomic E-state index is 13.6. The molecule has 1 fully saturated rings. The number of hydrogen-bond acceptors (Lipinski definition) is 1. The molecule has 1 aliphatic carbocycles. The SMILES string of the molecule is CCCCC1CCC(c2ccc(C#Cc3ccc(C#N)c(F)c3)cc2)CC1. The van der Waals surface area contributed by atoms with Crippen LogP contribution in [0.15, 0.2) is 42.5 Å². The van der Waals surface area contributed by atoms with Crippen molar-refractivity contribution in [3.8, 4) is 17.9 Å². The smallest absolute Gasteiger partial charge is 0.142 e. The van der Waals surface area contributed by atoms with Gasteiger partial charge in [-0.1, -0.05) is 50.2 Å². The lowest BCUT2D eigenvalue weighted by molar-refractivity contribution is 0.304. The normalized spacial score (nSPS) is 19.0. The maximum Gasteiger partial charge on any atom is 0.142 e. The third kappa shape index (κ3) is 5.21. The number of nitriles is 1. The summed E-state index contributed by atoms with van der Waals surface area (Å²) in [6.07, 6.45) is 9.37. The molecule has 0 N–H and O–H groups in total. The lowest BCUT2D eigenvalue weighted by Gasteiger charge is -2.28. The van der Waals surface area contributed by atoms with Gasteiger partial charge in [0.2, 0.25) is 0 Å². The maximum atomic E-state index is 13.6. The topological polar surface area (TPSA) is 23.8 Å². The molecule has 0 saturated heterocycles. The van der Waals surface area contributed by atoms with Crippen LogP contribution < -0.4 is 0 Å². The fraction of sp³-hybridized carbons (Fsp3) is 0.400. The van der Waals surface area contributed by atoms with Crippen molar-refractivity contribution < 1.29 is 4.39 Å². The van der Waals surface area contributed by atoms with Crippen LogP contribution in [0.4, 0.5) is 4.39 Å². The highest BCUT2D eigenvalue weighted by molar-refractivity contribution is 5.46. The van der Waals surface area contributed by atoms with E-state index in [1.165, 1.54) is 62.6 Å². The van der Waals surface area contributed by atoms with Gasteiger partial charge >= 0.3 is 0 Å². The zero-order valence-corrected chi connectivity index (χ0v) is 16.0. The zero-order valence-electron chi connectivity index (χ0n) is 16.0. The molecule has 0 heterocycles. The minimum Gasteiger partial charge on any atom is -0.206 e. The van der Waals surface area contributed by atoms with Crippen molar-refractivity contribution in [2.24, 2.45) is 5.92 Å². The molecule has 138 valence electrons. The van der Waals surface area contributed by atoms with Crippen molar-refractivity contribution in [2.45, 2.75) is 57.8 Å². The molecular weight excluding hydrogens is 333 g/mol. The van der Waals surface area contributed by atoms with E-state index in [0.29, 0.717) is 11.5 Å². The molecule has 0 atom stereocenters. The van der Waals surface area contributed by atoms with E-state index in [2.05, 4.69) is 43.0 Å². The van der Waals surface area contributed by atoms with Crippen molar-refractivity contribution in [2.75, 3.05) is 0 Å². The Morgan fingerprint density at radius 1 is 0.963 bits per heavy atom. The third-order valence-electron chi connectivity index (χ3n) is 5.64. The molecule has 1 nitrogen and oxygen atoms in total. The Kier molecular flexibility index (Phi) is 6.67. The van der Waals surface area contributed by atoms with Crippen LogP contribution in [-0.2, 0) is 0 Å². The van der Waals surface area contributed by atoms with E-state index in [9.17, 15) is 4.39 Å².